The van der Waals surface area contributed by atoms with E-state index >= 15 is 0 Å². The molecule has 0 bridgehead atoms. The minimum atomic E-state index is -0.496. The average Bonchev–Trinajstić information content (AvgIpc) is 2.94. The predicted molar refractivity (Wildman–Crippen MR) is 174 cm³/mol. The number of carbonyl (C=O) groups excluding carboxylic acids is 2. The van der Waals surface area contributed by atoms with Gasteiger partial charge in [0.05, 0.1) is 63.9 Å². The fourth-order valence-corrected chi connectivity index (χ4v) is 5.21. The summed E-state index contributed by atoms with van der Waals surface area (Å²) in [6, 6.07) is 3.17. The Bertz CT molecular complexity index is 1060. The van der Waals surface area contributed by atoms with E-state index in [1.807, 2.05) is 41.5 Å². The monoisotopic (exact) mass is 674 g/mol. The Hall–Kier alpha value is -1.00. The number of ether oxygens (including phenoxy) is 6. The van der Waals surface area contributed by atoms with Gasteiger partial charge in [0.25, 0.3) is 0 Å². The summed E-state index contributed by atoms with van der Waals surface area (Å²) in [6.07, 6.45) is -0.208. The number of esters is 2. The van der Waals surface area contributed by atoms with E-state index < -0.39 is 11.9 Å². The van der Waals surface area contributed by atoms with Gasteiger partial charge in [-0.2, -0.15) is 19.9 Å². The molecule has 0 fully saturated rings. The van der Waals surface area contributed by atoms with Crippen molar-refractivity contribution in [1.29, 1.82) is 0 Å². The molecule has 2 atom stereocenters. The molecule has 16 heteroatoms. The van der Waals surface area contributed by atoms with Crippen LogP contribution in [0.15, 0.2) is 22.4 Å². The van der Waals surface area contributed by atoms with Crippen LogP contribution in [-0.4, -0.2) is 143 Å². The van der Waals surface area contributed by atoms with Crippen molar-refractivity contribution in [2.24, 2.45) is 10.8 Å². The van der Waals surface area contributed by atoms with Crippen LogP contribution in [0.4, 0.5) is 0 Å². The molecule has 2 heterocycles. The van der Waals surface area contributed by atoms with Crippen LogP contribution in [-0.2, 0) is 19.1 Å². The Morgan fingerprint density at radius 2 is 0.886 bits per heavy atom. The molecule has 0 aromatic carbocycles. The van der Waals surface area contributed by atoms with E-state index in [2.05, 4.69) is 19.9 Å². The SMILES string of the molecule is COc1cc(OC)nc(SC(COC(=O)CCC(=O)OCC(Sc2nc(OC)cc(OC)n2)C(C)(C)C)C(C)(C)C)n1.[NaH].[NaH]. The molecule has 0 aliphatic heterocycles. The van der Waals surface area contributed by atoms with Gasteiger partial charge in [-0.05, 0) is 10.8 Å². The number of thioether (sulfide) groups is 2. The van der Waals surface area contributed by atoms with Crippen molar-refractivity contribution in [3.8, 4) is 23.5 Å². The van der Waals surface area contributed by atoms with Crippen molar-refractivity contribution >= 4 is 94.6 Å². The summed E-state index contributed by atoms with van der Waals surface area (Å²) in [5.74, 6) is 0.491. The van der Waals surface area contributed by atoms with Crippen LogP contribution in [0.1, 0.15) is 54.4 Å². The van der Waals surface area contributed by atoms with Crippen molar-refractivity contribution < 1.29 is 38.0 Å². The van der Waals surface area contributed by atoms with E-state index in [-0.39, 0.29) is 106 Å². The Morgan fingerprint density at radius 3 is 1.11 bits per heavy atom. The second-order valence-corrected chi connectivity index (χ2v) is 13.6. The van der Waals surface area contributed by atoms with Crippen molar-refractivity contribution in [2.45, 2.75) is 75.2 Å². The standard InChI is InChI=1S/C28H42N4O8S2.2Na.2H/c1-27(2,3)17(41-25-29-19(35-7)13-20(30-25)36-8)15-39-23(33)11-12-24(34)40-16-18(28(4,5)6)42-26-31-21(37-9)14-22(32-26)38-10;;;;/h13-14,17-18H,11-12,15-16H2,1-10H3;;;;. The third kappa shape index (κ3) is 15.1. The van der Waals surface area contributed by atoms with Gasteiger partial charge in [-0.1, -0.05) is 65.1 Å². The third-order valence-electron chi connectivity index (χ3n) is 5.91. The number of rotatable bonds is 15. The summed E-state index contributed by atoms with van der Waals surface area (Å²) < 4.78 is 32.0. The second kappa shape index (κ2) is 20.3. The molecular formula is C28H44N4Na2O8S2. The molecule has 0 spiro atoms. The fraction of sp³-hybridized carbons (Fsp3) is 0.643. The summed E-state index contributed by atoms with van der Waals surface area (Å²) in [5, 5.41) is 0.532. The molecule has 0 radical (unpaired) electrons. The van der Waals surface area contributed by atoms with E-state index in [0.717, 1.165) is 0 Å². The normalized spacial score (nSPS) is 12.5. The summed E-state index contributed by atoms with van der Waals surface area (Å²) in [4.78, 5) is 42.5. The number of nitrogens with zero attached hydrogens (tertiary/aromatic N) is 4. The Balaban J connectivity index is 0.00000924. The van der Waals surface area contributed by atoms with Crippen molar-refractivity contribution in [3.05, 3.63) is 12.1 Å². The number of aromatic nitrogens is 4. The third-order valence-corrected chi connectivity index (χ3v) is 8.95. The average molecular weight is 675 g/mol. The minimum absolute atomic E-state index is 0. The fourth-order valence-electron chi connectivity index (χ4n) is 3.15. The van der Waals surface area contributed by atoms with Crippen molar-refractivity contribution in [3.63, 3.8) is 0 Å². The van der Waals surface area contributed by atoms with Gasteiger partial charge in [-0.3, -0.25) is 9.59 Å². The van der Waals surface area contributed by atoms with Crippen LogP contribution in [0.5, 0.6) is 23.5 Å². The molecule has 2 aromatic heterocycles. The zero-order valence-corrected chi connectivity index (χ0v) is 27.6. The maximum atomic E-state index is 12.5. The first kappa shape index (κ1) is 43.0. The molecule has 0 amide bonds. The molecule has 2 rings (SSSR count). The van der Waals surface area contributed by atoms with Crippen LogP contribution in [0.2, 0.25) is 0 Å². The molecule has 0 N–H and O–H groups in total. The molecule has 2 aromatic rings. The molecule has 0 aliphatic rings. The van der Waals surface area contributed by atoms with E-state index in [9.17, 15) is 9.59 Å². The van der Waals surface area contributed by atoms with Crippen molar-refractivity contribution in [1.82, 2.24) is 19.9 Å². The quantitative estimate of drug-likeness (QED) is 0.118. The Kier molecular flexibility index (Phi) is 19.8. The van der Waals surface area contributed by atoms with Gasteiger partial charge in [0.15, 0.2) is 10.3 Å². The number of methoxy groups -OCH3 is 4. The van der Waals surface area contributed by atoms with Gasteiger partial charge in [0.2, 0.25) is 23.5 Å². The van der Waals surface area contributed by atoms with Crippen LogP contribution in [0.25, 0.3) is 0 Å². The summed E-state index contributed by atoms with van der Waals surface area (Å²) >= 11 is 2.72. The van der Waals surface area contributed by atoms with Gasteiger partial charge in [0.1, 0.15) is 13.2 Å². The second-order valence-electron chi connectivity index (χ2n) is 11.3. The predicted octanol–water partition coefficient (Wildman–Crippen LogP) is 3.58. The van der Waals surface area contributed by atoms with E-state index in [4.69, 9.17) is 28.4 Å². The first-order valence-electron chi connectivity index (χ1n) is 13.3. The van der Waals surface area contributed by atoms with Gasteiger partial charge in [0, 0.05) is 0 Å². The van der Waals surface area contributed by atoms with Crippen LogP contribution in [0.3, 0.4) is 0 Å². The van der Waals surface area contributed by atoms with Crippen LogP contribution in [0, 0.1) is 10.8 Å². The first-order valence-corrected chi connectivity index (χ1v) is 15.0. The molecular weight excluding hydrogens is 630 g/mol. The summed E-state index contributed by atoms with van der Waals surface area (Å²) in [6.45, 7) is 12.4. The van der Waals surface area contributed by atoms with Gasteiger partial charge in [-0.25, -0.2) is 0 Å². The number of carbonyl (C=O) groups is 2. The number of hydrogen-bond acceptors (Lipinski definition) is 14. The van der Waals surface area contributed by atoms with Gasteiger partial charge >= 0.3 is 71.1 Å². The first-order chi connectivity index (χ1) is 19.7. The molecule has 0 saturated heterocycles. The topological polar surface area (TPSA) is 141 Å². The molecule has 0 saturated carbocycles. The molecule has 44 heavy (non-hydrogen) atoms. The molecule has 238 valence electrons. The van der Waals surface area contributed by atoms with Crippen LogP contribution < -0.4 is 18.9 Å². The molecule has 12 nitrogen and oxygen atoms in total. The summed E-state index contributed by atoms with van der Waals surface area (Å²) in [7, 11) is 6.05. The zero-order chi connectivity index (χ0) is 31.5. The zero-order valence-electron chi connectivity index (χ0n) is 26.0. The Labute approximate surface area is 313 Å². The van der Waals surface area contributed by atoms with Crippen molar-refractivity contribution in [2.75, 3.05) is 41.7 Å². The van der Waals surface area contributed by atoms with Crippen LogP contribution >= 0.6 is 23.5 Å². The molecule has 2 unspecified atom stereocenters. The summed E-state index contributed by atoms with van der Waals surface area (Å²) in [5.41, 5.74) is -0.501. The van der Waals surface area contributed by atoms with E-state index in [1.165, 1.54) is 52.0 Å². The van der Waals surface area contributed by atoms with Gasteiger partial charge in [-0.15, -0.1) is 0 Å². The van der Waals surface area contributed by atoms with E-state index in [0.29, 0.717) is 33.8 Å². The maximum absolute atomic E-state index is 12.5. The van der Waals surface area contributed by atoms with E-state index in [1.54, 1.807) is 12.1 Å². The number of hydrogen-bond donors (Lipinski definition) is 0. The molecule has 0 aliphatic carbocycles. The van der Waals surface area contributed by atoms with Gasteiger partial charge < -0.3 is 28.4 Å². The Morgan fingerprint density at radius 1 is 0.614 bits per heavy atom.